The SMILES string of the molecule is CCOC(=O)C(Cn1c(-c2ccc(OCc3ccccc3)cc2)c(CC)c2cc(OCc3ccccc3)ccc21)Oc1ccccc1. The van der Waals surface area contributed by atoms with Crippen LogP contribution < -0.4 is 14.2 Å². The van der Waals surface area contributed by atoms with Crippen molar-refractivity contribution in [2.24, 2.45) is 0 Å². The summed E-state index contributed by atoms with van der Waals surface area (Å²) in [5.41, 5.74) is 6.39. The van der Waals surface area contributed by atoms with Gasteiger partial charge < -0.3 is 23.5 Å². The largest absolute Gasteiger partial charge is 0.489 e. The molecule has 0 bridgehead atoms. The van der Waals surface area contributed by atoms with Crippen LogP contribution in [0.3, 0.4) is 0 Å². The monoisotopic (exact) mass is 625 g/mol. The zero-order valence-corrected chi connectivity index (χ0v) is 26.8. The lowest BCUT2D eigenvalue weighted by atomic mass is 10.0. The second-order valence-corrected chi connectivity index (χ2v) is 11.2. The van der Waals surface area contributed by atoms with Crippen LogP contribution in [0.1, 0.15) is 30.5 Å². The number of fused-ring (bicyclic) bond motifs is 1. The Morgan fingerprint density at radius 1 is 0.660 bits per heavy atom. The number of ether oxygens (including phenoxy) is 4. The van der Waals surface area contributed by atoms with Crippen molar-refractivity contribution in [3.63, 3.8) is 0 Å². The summed E-state index contributed by atoms with van der Waals surface area (Å²) >= 11 is 0. The Morgan fingerprint density at radius 2 is 1.23 bits per heavy atom. The Bertz CT molecular complexity index is 1880. The Balaban J connectivity index is 1.38. The number of benzene rings is 5. The van der Waals surface area contributed by atoms with Crippen LogP contribution in [-0.2, 0) is 35.7 Å². The average Bonchev–Trinajstić information content (AvgIpc) is 3.43. The standard InChI is InChI=1S/C41H39NO5/c1-3-36-37-26-35(46-29-31-16-10-6-11-17-31)24-25-38(37)42(27-39(41(43)44-4-2)47-34-18-12-7-13-19-34)40(36)32-20-22-33(23-21-32)45-28-30-14-8-5-9-15-30/h5-26,39H,3-4,27-29H2,1-2H3. The summed E-state index contributed by atoms with van der Waals surface area (Å²) in [4.78, 5) is 13.3. The fraction of sp³-hybridized carbons (Fsp3) is 0.195. The highest BCUT2D eigenvalue weighted by Gasteiger charge is 2.27. The Kier molecular flexibility index (Phi) is 10.2. The molecule has 1 aromatic heterocycles. The van der Waals surface area contributed by atoms with Gasteiger partial charge in [-0.05, 0) is 90.2 Å². The normalized spacial score (nSPS) is 11.6. The van der Waals surface area contributed by atoms with Gasteiger partial charge in [-0.25, -0.2) is 4.79 Å². The maximum Gasteiger partial charge on any atom is 0.349 e. The van der Waals surface area contributed by atoms with Gasteiger partial charge in [-0.3, -0.25) is 0 Å². The number of nitrogens with zero attached hydrogens (tertiary/aromatic N) is 1. The predicted octanol–water partition coefficient (Wildman–Crippen LogP) is 9.04. The van der Waals surface area contributed by atoms with E-state index in [4.69, 9.17) is 18.9 Å². The minimum Gasteiger partial charge on any atom is -0.489 e. The lowest BCUT2D eigenvalue weighted by molar-refractivity contribution is -0.152. The molecule has 6 nitrogen and oxygen atoms in total. The molecule has 0 N–H and O–H groups in total. The molecule has 0 aliphatic carbocycles. The minimum atomic E-state index is -0.862. The van der Waals surface area contributed by atoms with Crippen molar-refractivity contribution in [3.05, 3.63) is 150 Å². The van der Waals surface area contributed by atoms with Crippen molar-refractivity contribution >= 4 is 16.9 Å². The number of rotatable bonds is 14. The van der Waals surface area contributed by atoms with Gasteiger partial charge in [-0.2, -0.15) is 0 Å². The molecule has 0 saturated heterocycles. The summed E-state index contributed by atoms with van der Waals surface area (Å²) < 4.78 is 26.3. The molecule has 0 spiro atoms. The summed E-state index contributed by atoms with van der Waals surface area (Å²) in [6, 6.07) is 44.0. The van der Waals surface area contributed by atoms with Crippen LogP contribution in [0.15, 0.2) is 133 Å². The van der Waals surface area contributed by atoms with E-state index in [0.717, 1.165) is 56.8 Å². The number of hydrogen-bond acceptors (Lipinski definition) is 5. The van der Waals surface area contributed by atoms with E-state index in [0.29, 0.717) is 19.0 Å². The average molecular weight is 626 g/mol. The first kappa shape index (κ1) is 31.5. The third kappa shape index (κ3) is 7.67. The molecule has 6 heteroatoms. The minimum absolute atomic E-state index is 0.260. The maximum atomic E-state index is 13.3. The van der Waals surface area contributed by atoms with Gasteiger partial charge in [0, 0.05) is 10.9 Å². The predicted molar refractivity (Wildman–Crippen MR) is 186 cm³/mol. The molecular weight excluding hydrogens is 586 g/mol. The van der Waals surface area contributed by atoms with Crippen LogP contribution in [0.25, 0.3) is 22.2 Å². The molecule has 47 heavy (non-hydrogen) atoms. The van der Waals surface area contributed by atoms with Gasteiger partial charge in [0.2, 0.25) is 6.10 Å². The molecule has 0 amide bonds. The van der Waals surface area contributed by atoms with Crippen LogP contribution >= 0.6 is 0 Å². The smallest absolute Gasteiger partial charge is 0.349 e. The molecule has 5 aromatic carbocycles. The molecule has 6 aromatic rings. The molecule has 0 saturated carbocycles. The zero-order valence-electron chi connectivity index (χ0n) is 26.8. The van der Waals surface area contributed by atoms with E-state index in [-0.39, 0.29) is 13.2 Å². The van der Waals surface area contributed by atoms with Crippen LogP contribution in [0.4, 0.5) is 0 Å². The van der Waals surface area contributed by atoms with Gasteiger partial charge in [0.05, 0.1) is 18.8 Å². The Hall–Kier alpha value is -5.49. The third-order valence-electron chi connectivity index (χ3n) is 8.04. The lowest BCUT2D eigenvalue weighted by Crippen LogP contribution is -2.34. The van der Waals surface area contributed by atoms with E-state index >= 15 is 0 Å². The molecule has 0 aliphatic heterocycles. The van der Waals surface area contributed by atoms with Gasteiger partial charge in [-0.15, -0.1) is 0 Å². The van der Waals surface area contributed by atoms with Gasteiger partial charge in [0.1, 0.15) is 30.5 Å². The third-order valence-corrected chi connectivity index (χ3v) is 8.04. The van der Waals surface area contributed by atoms with Crippen molar-refractivity contribution in [1.29, 1.82) is 0 Å². The Labute approximate surface area is 276 Å². The number of carbonyl (C=O) groups excluding carboxylic acids is 1. The molecule has 6 rings (SSSR count). The van der Waals surface area contributed by atoms with E-state index < -0.39 is 12.1 Å². The van der Waals surface area contributed by atoms with E-state index in [9.17, 15) is 4.79 Å². The molecule has 238 valence electrons. The van der Waals surface area contributed by atoms with Crippen molar-refractivity contribution in [2.75, 3.05) is 6.61 Å². The topological polar surface area (TPSA) is 58.9 Å². The fourth-order valence-corrected chi connectivity index (χ4v) is 5.79. The van der Waals surface area contributed by atoms with Gasteiger partial charge in [0.15, 0.2) is 0 Å². The Morgan fingerprint density at radius 3 is 1.83 bits per heavy atom. The van der Waals surface area contributed by atoms with E-state index in [1.165, 1.54) is 0 Å². The summed E-state index contributed by atoms with van der Waals surface area (Å²) in [5.74, 6) is 1.77. The quantitative estimate of drug-likeness (QED) is 0.113. The van der Waals surface area contributed by atoms with E-state index in [1.54, 1.807) is 0 Å². The summed E-state index contributed by atoms with van der Waals surface area (Å²) in [7, 11) is 0. The molecule has 0 radical (unpaired) electrons. The van der Waals surface area contributed by atoms with Crippen LogP contribution in [0.5, 0.6) is 17.2 Å². The maximum absolute atomic E-state index is 13.3. The van der Waals surface area contributed by atoms with Gasteiger partial charge in [0.25, 0.3) is 0 Å². The summed E-state index contributed by atoms with van der Waals surface area (Å²) in [6.45, 7) is 5.45. The molecule has 0 aliphatic rings. The van der Waals surface area contributed by atoms with E-state index in [1.807, 2.05) is 91.9 Å². The first-order chi connectivity index (χ1) is 23.1. The van der Waals surface area contributed by atoms with Crippen molar-refractivity contribution in [3.8, 4) is 28.5 Å². The second-order valence-electron chi connectivity index (χ2n) is 11.2. The fourth-order valence-electron chi connectivity index (χ4n) is 5.79. The van der Waals surface area contributed by atoms with E-state index in [2.05, 4.69) is 60.0 Å². The number of aromatic nitrogens is 1. The van der Waals surface area contributed by atoms with Gasteiger partial charge in [-0.1, -0.05) is 85.8 Å². The van der Waals surface area contributed by atoms with Crippen molar-refractivity contribution in [1.82, 2.24) is 4.57 Å². The van der Waals surface area contributed by atoms with Crippen LogP contribution in [0, 0.1) is 0 Å². The second kappa shape index (κ2) is 15.2. The molecule has 1 atom stereocenters. The molecule has 1 heterocycles. The lowest BCUT2D eigenvalue weighted by Gasteiger charge is -2.21. The van der Waals surface area contributed by atoms with Crippen LogP contribution in [-0.4, -0.2) is 23.2 Å². The van der Waals surface area contributed by atoms with Crippen molar-refractivity contribution < 1.29 is 23.7 Å². The molecule has 1 unspecified atom stereocenters. The highest BCUT2D eigenvalue weighted by atomic mass is 16.6. The van der Waals surface area contributed by atoms with Crippen LogP contribution in [0.2, 0.25) is 0 Å². The number of para-hydroxylation sites is 1. The molecule has 0 fully saturated rings. The zero-order chi connectivity index (χ0) is 32.4. The first-order valence-corrected chi connectivity index (χ1v) is 16.1. The summed E-state index contributed by atoms with van der Waals surface area (Å²) in [6.07, 6.45) is -0.0875. The highest BCUT2D eigenvalue weighted by molar-refractivity contribution is 5.93. The first-order valence-electron chi connectivity index (χ1n) is 16.1. The summed E-state index contributed by atoms with van der Waals surface area (Å²) in [5, 5.41) is 1.07. The highest BCUT2D eigenvalue weighted by Crippen LogP contribution is 2.37. The molecular formula is C41H39NO5. The number of hydrogen-bond donors (Lipinski definition) is 0. The van der Waals surface area contributed by atoms with Crippen molar-refractivity contribution in [2.45, 2.75) is 46.1 Å². The number of esters is 1. The number of carbonyl (C=O) groups is 1. The van der Waals surface area contributed by atoms with Gasteiger partial charge >= 0.3 is 5.97 Å². The number of aryl methyl sites for hydroxylation is 1.